The van der Waals surface area contributed by atoms with Crippen LogP contribution in [0.1, 0.15) is 41.6 Å². The van der Waals surface area contributed by atoms with E-state index in [0.717, 1.165) is 0 Å². The number of anilines is 1. The minimum Gasteiger partial charge on any atom is -0.494 e. The third-order valence-electron chi connectivity index (χ3n) is 5.13. The van der Waals surface area contributed by atoms with Gasteiger partial charge in [-0.3, -0.25) is 4.79 Å². The normalized spacial score (nSPS) is 12.2. The number of halogens is 7. The van der Waals surface area contributed by atoms with Gasteiger partial charge >= 0.3 is 12.4 Å². The maximum absolute atomic E-state index is 12.7. The maximum atomic E-state index is 12.7. The molecule has 36 heavy (non-hydrogen) atoms. The van der Waals surface area contributed by atoms with Gasteiger partial charge in [-0.2, -0.15) is 31.6 Å². The number of methoxy groups -OCH3 is 1. The Labute approximate surface area is 209 Å². The largest absolute Gasteiger partial charge is 0.494 e. The van der Waals surface area contributed by atoms with Crippen molar-refractivity contribution in [3.63, 3.8) is 0 Å². The molecule has 0 bridgehead atoms. The summed E-state index contributed by atoms with van der Waals surface area (Å²) in [7, 11) is 1.27. The zero-order valence-electron chi connectivity index (χ0n) is 19.2. The number of Topliss-reactive ketones (excluding diaryl/α,β-unsaturated/α-hetero) is 1. The molecule has 0 unspecified atom stereocenters. The van der Waals surface area contributed by atoms with Crippen molar-refractivity contribution in [1.82, 2.24) is 0 Å². The summed E-state index contributed by atoms with van der Waals surface area (Å²) in [6.45, 7) is -0.378. The van der Waals surface area contributed by atoms with Crippen molar-refractivity contribution in [1.29, 1.82) is 5.26 Å². The summed E-state index contributed by atoms with van der Waals surface area (Å²) in [5.74, 6) is -0.513. The predicted molar refractivity (Wildman–Crippen MR) is 125 cm³/mol. The Morgan fingerprint density at radius 1 is 1.00 bits per heavy atom. The fraction of sp³-hybridized carbons (Fsp3) is 0.360. The molecule has 2 aromatic carbocycles. The quantitative estimate of drug-likeness (QED) is 0.129. The lowest BCUT2D eigenvalue weighted by Gasteiger charge is -2.27. The van der Waals surface area contributed by atoms with E-state index in [1.54, 1.807) is 30.3 Å². The molecule has 194 valence electrons. The Kier molecular flexibility index (Phi) is 10.2. The van der Waals surface area contributed by atoms with Crippen LogP contribution >= 0.6 is 11.6 Å². The van der Waals surface area contributed by atoms with Crippen LogP contribution in [0.25, 0.3) is 6.08 Å². The molecule has 0 heterocycles. The van der Waals surface area contributed by atoms with Crippen molar-refractivity contribution >= 4 is 29.1 Å². The fourth-order valence-electron chi connectivity index (χ4n) is 3.47. The van der Waals surface area contributed by atoms with E-state index in [0.29, 0.717) is 0 Å². The molecule has 0 saturated carbocycles. The molecule has 4 nitrogen and oxygen atoms in total. The van der Waals surface area contributed by atoms with E-state index in [1.807, 2.05) is 6.07 Å². The minimum atomic E-state index is -4.41. The van der Waals surface area contributed by atoms with Gasteiger partial charge in [0.15, 0.2) is 0 Å². The first-order valence-corrected chi connectivity index (χ1v) is 11.2. The lowest BCUT2D eigenvalue weighted by Crippen LogP contribution is -2.28. The van der Waals surface area contributed by atoms with E-state index in [1.165, 1.54) is 30.2 Å². The third-order valence-corrected chi connectivity index (χ3v) is 5.49. The molecule has 0 aliphatic heterocycles. The highest BCUT2D eigenvalue weighted by atomic mass is 35.5. The second-order valence-electron chi connectivity index (χ2n) is 7.81. The van der Waals surface area contributed by atoms with Gasteiger partial charge in [-0.05, 0) is 31.1 Å². The molecule has 0 fully saturated rings. The highest BCUT2D eigenvalue weighted by Crippen LogP contribution is 2.39. The Morgan fingerprint density at radius 3 is 2.03 bits per heavy atom. The monoisotopic (exact) mass is 532 g/mol. The van der Waals surface area contributed by atoms with Crippen LogP contribution in [0.2, 0.25) is 5.02 Å². The van der Waals surface area contributed by atoms with Gasteiger partial charge in [0, 0.05) is 37.1 Å². The van der Waals surface area contributed by atoms with Crippen molar-refractivity contribution in [2.75, 3.05) is 25.1 Å². The van der Waals surface area contributed by atoms with Gasteiger partial charge < -0.3 is 9.64 Å². The lowest BCUT2D eigenvalue weighted by atomic mass is 10.0. The molecule has 0 saturated heterocycles. The number of hydrogen-bond donors (Lipinski definition) is 0. The average Bonchev–Trinajstić information content (AvgIpc) is 2.80. The van der Waals surface area contributed by atoms with Crippen LogP contribution in [-0.2, 0) is 0 Å². The van der Waals surface area contributed by atoms with E-state index in [-0.39, 0.29) is 59.1 Å². The molecular formula is C25H23ClF6N2O2. The number of nitrogens with zero attached hydrogens (tertiary/aromatic N) is 2. The highest BCUT2D eigenvalue weighted by Gasteiger charge is 2.29. The molecule has 0 aromatic heterocycles. The number of allylic oxidation sites excluding steroid dienone is 1. The number of carbonyl (C=O) groups excluding carboxylic acids is 1. The Balaban J connectivity index is 2.39. The molecule has 2 aromatic rings. The third kappa shape index (κ3) is 8.79. The molecular weight excluding hydrogens is 510 g/mol. The topological polar surface area (TPSA) is 53.3 Å². The van der Waals surface area contributed by atoms with Crippen molar-refractivity contribution in [2.24, 2.45) is 0 Å². The lowest BCUT2D eigenvalue weighted by molar-refractivity contribution is -0.135. The standard InChI is InChI=1S/C25H23ClF6N2O2/c1-36-23-18(15-19(16-33)22(35)17-7-3-2-4-8-17)9-10-20(21(23)26)34(13-5-11-24(27,28)29)14-6-12-25(30,31)32/h2-4,7-10,15H,5-6,11-14H2,1H3/b19-15-. The summed E-state index contributed by atoms with van der Waals surface area (Å²) in [5.41, 5.74) is 0.503. The van der Waals surface area contributed by atoms with E-state index in [9.17, 15) is 36.4 Å². The second kappa shape index (κ2) is 12.7. The first kappa shape index (κ1) is 29.0. The zero-order chi connectivity index (χ0) is 26.9. The van der Waals surface area contributed by atoms with E-state index >= 15 is 0 Å². The summed E-state index contributed by atoms with van der Waals surface area (Å²) in [6.07, 6.45) is -10.5. The summed E-state index contributed by atoms with van der Waals surface area (Å²) in [5, 5.41) is 9.46. The molecule has 0 aliphatic carbocycles. The van der Waals surface area contributed by atoms with Crippen molar-refractivity contribution in [3.05, 3.63) is 64.2 Å². The van der Waals surface area contributed by atoms with E-state index in [2.05, 4.69) is 0 Å². The molecule has 0 amide bonds. The van der Waals surface area contributed by atoms with Crippen LogP contribution in [0.15, 0.2) is 48.0 Å². The summed E-state index contributed by atoms with van der Waals surface area (Å²) >= 11 is 6.46. The molecule has 2 rings (SSSR count). The van der Waals surface area contributed by atoms with Crippen molar-refractivity contribution < 1.29 is 35.9 Å². The number of benzene rings is 2. The number of rotatable bonds is 11. The molecule has 0 radical (unpaired) electrons. The summed E-state index contributed by atoms with van der Waals surface area (Å²) in [4.78, 5) is 14.0. The molecule has 0 atom stereocenters. The van der Waals surface area contributed by atoms with Gasteiger partial charge in [0.05, 0.1) is 12.8 Å². The van der Waals surface area contributed by atoms with Crippen LogP contribution in [0, 0.1) is 11.3 Å². The Morgan fingerprint density at radius 2 is 1.56 bits per heavy atom. The first-order valence-electron chi connectivity index (χ1n) is 10.8. The van der Waals surface area contributed by atoms with Crippen molar-refractivity contribution in [2.45, 2.75) is 38.0 Å². The molecule has 0 spiro atoms. The van der Waals surface area contributed by atoms with Crippen LogP contribution < -0.4 is 9.64 Å². The molecule has 11 heteroatoms. The average molecular weight is 533 g/mol. The van der Waals surface area contributed by atoms with Gasteiger partial charge in [-0.25, -0.2) is 0 Å². The summed E-state index contributed by atoms with van der Waals surface area (Å²) < 4.78 is 81.2. The van der Waals surface area contributed by atoms with E-state index in [4.69, 9.17) is 16.3 Å². The van der Waals surface area contributed by atoms with Crippen LogP contribution in [0.3, 0.4) is 0 Å². The van der Waals surface area contributed by atoms with Crippen LogP contribution in [0.5, 0.6) is 5.75 Å². The number of ketones is 1. The number of nitriles is 1. The fourth-order valence-corrected chi connectivity index (χ4v) is 3.84. The predicted octanol–water partition coefficient (Wildman–Crippen LogP) is 7.63. The number of hydrogen-bond acceptors (Lipinski definition) is 4. The SMILES string of the molecule is COc1c(/C=C(/C#N)C(=O)c2ccccc2)ccc(N(CCCC(F)(F)F)CCCC(F)(F)F)c1Cl. The van der Waals surface area contributed by atoms with Gasteiger partial charge in [0.2, 0.25) is 5.78 Å². The Bertz CT molecular complexity index is 1090. The van der Waals surface area contributed by atoms with Gasteiger partial charge in [0.1, 0.15) is 22.4 Å². The molecule has 0 N–H and O–H groups in total. The minimum absolute atomic E-state index is 0.0272. The summed E-state index contributed by atoms with van der Waals surface area (Å²) in [6, 6.07) is 12.8. The maximum Gasteiger partial charge on any atom is 0.389 e. The molecule has 0 aliphatic rings. The van der Waals surface area contributed by atoms with Gasteiger partial charge in [0.25, 0.3) is 0 Å². The van der Waals surface area contributed by atoms with Crippen LogP contribution in [-0.4, -0.2) is 38.3 Å². The van der Waals surface area contributed by atoms with Crippen molar-refractivity contribution in [3.8, 4) is 11.8 Å². The first-order chi connectivity index (χ1) is 16.9. The van der Waals surface area contributed by atoms with E-state index < -0.39 is 31.0 Å². The second-order valence-corrected chi connectivity index (χ2v) is 8.19. The van der Waals surface area contributed by atoms with Gasteiger partial charge in [-0.1, -0.05) is 41.9 Å². The Hall–Kier alpha value is -3.19. The van der Waals surface area contributed by atoms with Gasteiger partial charge in [-0.15, -0.1) is 0 Å². The van der Waals surface area contributed by atoms with Crippen LogP contribution in [0.4, 0.5) is 32.0 Å². The highest BCUT2D eigenvalue weighted by molar-refractivity contribution is 6.35. The zero-order valence-corrected chi connectivity index (χ0v) is 20.0. The smallest absolute Gasteiger partial charge is 0.389 e. The number of ether oxygens (including phenoxy) is 1. The number of carbonyl (C=O) groups is 1. The number of alkyl halides is 6.